The number of hydrogen-bond donors (Lipinski definition) is 1. The number of methoxy groups -OCH3 is 1. The van der Waals surface area contributed by atoms with E-state index in [0.717, 1.165) is 6.42 Å². The van der Waals surface area contributed by atoms with Crippen molar-refractivity contribution in [1.82, 2.24) is 5.32 Å². The summed E-state index contributed by atoms with van der Waals surface area (Å²) in [5.74, 6) is 0. The minimum Gasteiger partial charge on any atom is -0.444 e. The number of rotatable bonds is 4. The Morgan fingerprint density at radius 3 is 2.64 bits per heavy atom. The molecule has 4 heteroatoms. The molecule has 0 fully saturated rings. The number of alkyl carbamates (subject to hydrolysis) is 1. The summed E-state index contributed by atoms with van der Waals surface area (Å²) in [5.41, 5.74) is 0. The van der Waals surface area contributed by atoms with E-state index in [1.165, 1.54) is 7.05 Å². The molecule has 4 nitrogen and oxygen atoms in total. The Hall–Kier alpha value is -0.770. The summed E-state index contributed by atoms with van der Waals surface area (Å²) >= 11 is 0. The highest BCUT2D eigenvalue weighted by Crippen LogP contribution is 1.97. The van der Waals surface area contributed by atoms with E-state index >= 15 is 0 Å². The van der Waals surface area contributed by atoms with Gasteiger partial charge in [0.05, 0.1) is 6.61 Å². The van der Waals surface area contributed by atoms with Crippen molar-refractivity contribution in [3.05, 3.63) is 0 Å². The summed E-state index contributed by atoms with van der Waals surface area (Å²) in [4.78, 5) is 10.7. The van der Waals surface area contributed by atoms with Crippen LogP contribution in [0, 0.1) is 0 Å². The van der Waals surface area contributed by atoms with Crippen molar-refractivity contribution in [2.75, 3.05) is 20.8 Å². The number of carbonyl (C=O) groups excluding carboxylic acids is 1. The first-order valence-electron chi connectivity index (χ1n) is 3.61. The van der Waals surface area contributed by atoms with Gasteiger partial charge in [-0.2, -0.15) is 0 Å². The van der Waals surface area contributed by atoms with E-state index in [2.05, 4.69) is 5.32 Å². The first-order chi connectivity index (χ1) is 5.24. The second kappa shape index (κ2) is 5.97. The van der Waals surface area contributed by atoms with Crippen molar-refractivity contribution in [2.24, 2.45) is 0 Å². The van der Waals surface area contributed by atoms with Crippen LogP contribution in [0.15, 0.2) is 0 Å². The maximum atomic E-state index is 10.7. The average Bonchev–Trinajstić information content (AvgIpc) is 2.03. The SMILES string of the molecule is CCC(COC)OC(=O)NC. The largest absolute Gasteiger partial charge is 0.444 e. The lowest BCUT2D eigenvalue weighted by molar-refractivity contribution is 0.0383. The molecule has 0 rings (SSSR count). The lowest BCUT2D eigenvalue weighted by atomic mass is 10.3. The van der Waals surface area contributed by atoms with E-state index in [-0.39, 0.29) is 6.10 Å². The fourth-order valence-corrected chi connectivity index (χ4v) is 0.631. The molecule has 1 N–H and O–H groups in total. The van der Waals surface area contributed by atoms with E-state index in [0.29, 0.717) is 6.61 Å². The Morgan fingerprint density at radius 1 is 1.64 bits per heavy atom. The normalized spacial score (nSPS) is 12.3. The molecule has 0 aromatic heterocycles. The number of ether oxygens (including phenoxy) is 2. The molecule has 66 valence electrons. The minimum atomic E-state index is -0.408. The summed E-state index contributed by atoms with van der Waals surface area (Å²) < 4.78 is 9.75. The summed E-state index contributed by atoms with van der Waals surface area (Å²) in [6.45, 7) is 2.39. The zero-order chi connectivity index (χ0) is 8.69. The van der Waals surface area contributed by atoms with Crippen molar-refractivity contribution < 1.29 is 14.3 Å². The van der Waals surface area contributed by atoms with E-state index in [9.17, 15) is 4.79 Å². The predicted octanol–water partition coefficient (Wildman–Crippen LogP) is 0.767. The van der Waals surface area contributed by atoms with Crippen molar-refractivity contribution in [2.45, 2.75) is 19.4 Å². The number of carbonyl (C=O) groups is 1. The molecule has 0 aliphatic heterocycles. The highest BCUT2D eigenvalue weighted by atomic mass is 16.6. The maximum Gasteiger partial charge on any atom is 0.407 e. The molecule has 0 saturated heterocycles. The third kappa shape index (κ3) is 4.61. The van der Waals surface area contributed by atoms with Gasteiger partial charge >= 0.3 is 6.09 Å². The Balaban J connectivity index is 3.58. The molecule has 1 unspecified atom stereocenters. The Morgan fingerprint density at radius 2 is 2.27 bits per heavy atom. The molecule has 0 aliphatic carbocycles. The lowest BCUT2D eigenvalue weighted by Crippen LogP contribution is -2.28. The van der Waals surface area contributed by atoms with Crippen LogP contribution in [-0.2, 0) is 9.47 Å². The van der Waals surface area contributed by atoms with Crippen LogP contribution in [0.4, 0.5) is 4.79 Å². The van der Waals surface area contributed by atoms with Crippen LogP contribution in [0.5, 0.6) is 0 Å². The number of amides is 1. The standard InChI is InChI=1S/C7H15NO3/c1-4-6(5-10-3)11-7(9)8-2/h6H,4-5H2,1-3H3,(H,8,9). The van der Waals surface area contributed by atoms with Crippen molar-refractivity contribution in [3.63, 3.8) is 0 Å². The fraction of sp³-hybridized carbons (Fsp3) is 0.857. The van der Waals surface area contributed by atoms with Crippen LogP contribution in [0.2, 0.25) is 0 Å². The second-order valence-corrected chi connectivity index (χ2v) is 2.14. The third-order valence-corrected chi connectivity index (χ3v) is 1.29. The smallest absolute Gasteiger partial charge is 0.407 e. The maximum absolute atomic E-state index is 10.7. The minimum absolute atomic E-state index is 0.139. The molecule has 11 heavy (non-hydrogen) atoms. The van der Waals surface area contributed by atoms with E-state index in [1.54, 1.807) is 7.11 Å². The van der Waals surface area contributed by atoms with Gasteiger partial charge in [0, 0.05) is 14.2 Å². The molecule has 0 radical (unpaired) electrons. The van der Waals surface area contributed by atoms with Gasteiger partial charge in [-0.1, -0.05) is 6.92 Å². The molecular weight excluding hydrogens is 146 g/mol. The van der Waals surface area contributed by atoms with Gasteiger partial charge in [-0.15, -0.1) is 0 Å². The third-order valence-electron chi connectivity index (χ3n) is 1.29. The molecule has 0 bridgehead atoms. The van der Waals surface area contributed by atoms with Gasteiger partial charge in [0.2, 0.25) is 0 Å². The molecule has 0 aromatic carbocycles. The topological polar surface area (TPSA) is 47.6 Å². The van der Waals surface area contributed by atoms with Gasteiger partial charge in [0.15, 0.2) is 0 Å². The number of hydrogen-bond acceptors (Lipinski definition) is 3. The molecule has 0 spiro atoms. The summed E-state index contributed by atoms with van der Waals surface area (Å²) in [6, 6.07) is 0. The fourth-order valence-electron chi connectivity index (χ4n) is 0.631. The van der Waals surface area contributed by atoms with Gasteiger partial charge in [-0.3, -0.25) is 0 Å². The highest BCUT2D eigenvalue weighted by molar-refractivity contribution is 5.66. The lowest BCUT2D eigenvalue weighted by Gasteiger charge is -2.13. The van der Waals surface area contributed by atoms with Crippen LogP contribution in [0.1, 0.15) is 13.3 Å². The van der Waals surface area contributed by atoms with Crippen LogP contribution in [-0.4, -0.2) is 33.0 Å². The summed E-state index contributed by atoms with van der Waals surface area (Å²) in [6.07, 6.45) is 0.218. The van der Waals surface area contributed by atoms with Crippen molar-refractivity contribution >= 4 is 6.09 Å². The van der Waals surface area contributed by atoms with Gasteiger partial charge < -0.3 is 14.8 Å². The molecule has 1 atom stereocenters. The zero-order valence-electron chi connectivity index (χ0n) is 7.22. The molecule has 0 heterocycles. The number of nitrogens with one attached hydrogen (secondary N) is 1. The van der Waals surface area contributed by atoms with Crippen LogP contribution < -0.4 is 5.32 Å². The zero-order valence-corrected chi connectivity index (χ0v) is 7.22. The van der Waals surface area contributed by atoms with Gasteiger partial charge in [0.1, 0.15) is 6.10 Å². The van der Waals surface area contributed by atoms with Crippen LogP contribution in [0.3, 0.4) is 0 Å². The quantitative estimate of drug-likeness (QED) is 0.662. The Bertz CT molecular complexity index is 116. The highest BCUT2D eigenvalue weighted by Gasteiger charge is 2.09. The van der Waals surface area contributed by atoms with Gasteiger partial charge in [-0.05, 0) is 6.42 Å². The van der Waals surface area contributed by atoms with Crippen molar-refractivity contribution in [1.29, 1.82) is 0 Å². The predicted molar refractivity (Wildman–Crippen MR) is 41.5 cm³/mol. The summed E-state index contributed by atoms with van der Waals surface area (Å²) in [5, 5.41) is 2.37. The second-order valence-electron chi connectivity index (χ2n) is 2.14. The molecule has 0 aliphatic rings. The molecular formula is C7H15NO3. The van der Waals surface area contributed by atoms with E-state index < -0.39 is 6.09 Å². The molecule has 0 saturated carbocycles. The first-order valence-corrected chi connectivity index (χ1v) is 3.61. The van der Waals surface area contributed by atoms with Crippen LogP contribution >= 0.6 is 0 Å². The molecule has 1 amide bonds. The van der Waals surface area contributed by atoms with Crippen molar-refractivity contribution in [3.8, 4) is 0 Å². The molecule has 0 aromatic rings. The average molecular weight is 161 g/mol. The summed E-state index contributed by atoms with van der Waals surface area (Å²) in [7, 11) is 3.11. The Kier molecular flexibility index (Phi) is 5.56. The van der Waals surface area contributed by atoms with E-state index in [1.807, 2.05) is 6.92 Å². The Labute approximate surface area is 66.9 Å². The van der Waals surface area contributed by atoms with E-state index in [4.69, 9.17) is 9.47 Å². The van der Waals surface area contributed by atoms with Crippen LogP contribution in [0.25, 0.3) is 0 Å². The monoisotopic (exact) mass is 161 g/mol. The van der Waals surface area contributed by atoms with Gasteiger partial charge in [0.25, 0.3) is 0 Å². The van der Waals surface area contributed by atoms with Gasteiger partial charge in [-0.25, -0.2) is 4.79 Å². The first kappa shape index (κ1) is 10.2.